The number of carbonyl (C=O) groups is 6. The van der Waals surface area contributed by atoms with Gasteiger partial charge in [-0.15, -0.1) is 0 Å². The third kappa shape index (κ3) is 29.2. The van der Waals surface area contributed by atoms with Gasteiger partial charge in [-0.05, 0) is 117 Å². The molecule has 0 aromatic heterocycles. The summed E-state index contributed by atoms with van der Waals surface area (Å²) in [7, 11) is -40.4. The Morgan fingerprint density at radius 1 is 0.333 bits per heavy atom. The zero-order valence-electron chi connectivity index (χ0n) is 69.5. The van der Waals surface area contributed by atoms with Gasteiger partial charge in [0.15, 0.2) is 31.2 Å². The number of hydrogen-bond donors (Lipinski definition) is 6. The van der Waals surface area contributed by atoms with Crippen LogP contribution in [0, 0.1) is 0 Å². The quantitative estimate of drug-likeness (QED) is 0.0605. The van der Waals surface area contributed by atoms with Crippen molar-refractivity contribution in [3.63, 3.8) is 0 Å². The minimum atomic E-state index is -4.17. The van der Waals surface area contributed by atoms with Crippen molar-refractivity contribution in [2.24, 2.45) is 30.6 Å². The number of carbonyl (C=O) groups excluding carboxylic acids is 6. The number of nitrogens with zero attached hydrogens (tertiary/aromatic N) is 16. The highest BCUT2D eigenvalue weighted by Gasteiger charge is 2.46. The van der Waals surface area contributed by atoms with Crippen LogP contribution in [0.25, 0.3) is 0 Å². The first kappa shape index (κ1) is 104. The number of urea groups is 6. The van der Waals surface area contributed by atoms with E-state index in [0.29, 0.717) is 130 Å². The van der Waals surface area contributed by atoms with Gasteiger partial charge < -0.3 is 24.0 Å². The number of sulfonamides is 8. The van der Waals surface area contributed by atoms with Crippen LogP contribution in [0.2, 0.25) is 0 Å². The summed E-state index contributed by atoms with van der Waals surface area (Å²) >= 11 is 0. The standard InChI is InChI=1S/C13H15N3O5S.C13H15N3O4S.C12H24N4O5S2.C10H20N4O5S2.C8H16N4O5S2.C6H12N4O5S2/c1-9-7-16(13(17)15-14-9)8-22(18,19)10-2-3-11-12(6-10)21-5-4-20-11;1-9-7-16(13(17)15-14-9)8-21(18,19)11-2-3-12-10(6-11)4-5-20-12;1-4-6-8-22(18,19)16(23(20,21)9-7-5-2)15-10-11(3)13-14-12(15)17;1-4-6-20(16,17)14(21(18,19)7-5-2)13-8-9(3)11-12-10(13)15;1-4-18(14,15)12(19(16,17)5-2)11-6-7(3)9-10-8(11)13;1-5-4-9(6(11)8-7-5)10(16(2,12)13)17(3,14)15/h2-3,6H,4-5,7-8H2,1H3,(H,15,17);2-3,6H,4-5,7-8H2,1H3,(H,15,17);4-10H2,1-3H3,(H,14,17);4-8H2,1-3H3,(H,12,15);4-6H2,1-3H3,(H,10,13);4H2,1-3H3,(H,8,11). The number of hydrazone groups is 6. The Morgan fingerprint density at radius 3 is 0.943 bits per heavy atom. The summed E-state index contributed by atoms with van der Waals surface area (Å²) in [6, 6.07) is 4.60. The first-order valence-corrected chi connectivity index (χ1v) is 53.7. The molecule has 0 saturated heterocycles. The van der Waals surface area contributed by atoms with Gasteiger partial charge in [0.1, 0.15) is 30.7 Å². The fourth-order valence-electron chi connectivity index (χ4n) is 10.9. The van der Waals surface area contributed by atoms with E-state index in [1.54, 1.807) is 80.5 Å². The smallest absolute Gasteiger partial charge is 0.354 e. The molecule has 0 aliphatic carbocycles. The molecule has 6 N–H and O–H groups in total. The van der Waals surface area contributed by atoms with Crippen molar-refractivity contribution in [3.8, 4) is 17.2 Å². The van der Waals surface area contributed by atoms with E-state index in [-0.39, 0.29) is 106 Å². The van der Waals surface area contributed by atoms with E-state index in [1.165, 1.54) is 48.8 Å². The maximum Gasteiger partial charge on any atom is 0.354 e. The van der Waals surface area contributed by atoms with Gasteiger partial charge in [-0.3, -0.25) is 0 Å². The Morgan fingerprint density at radius 2 is 0.618 bits per heavy atom. The minimum absolute atomic E-state index is 0.0491. The van der Waals surface area contributed by atoms with Crippen LogP contribution in [-0.2, 0) is 106 Å². The molecule has 8 aliphatic rings. The highest BCUT2D eigenvalue weighted by Crippen LogP contribution is 2.34. The molecule has 0 atom stereocenters. The Labute approximate surface area is 715 Å². The summed E-state index contributed by atoms with van der Waals surface area (Å²) in [6.45, 7) is 20.0. The average Bonchev–Trinajstić information content (AvgIpc) is 0.897. The van der Waals surface area contributed by atoms with E-state index in [9.17, 15) is 113 Å². The summed E-state index contributed by atoms with van der Waals surface area (Å²) in [5.41, 5.74) is 16.6. The SMILES string of the molecule is CC1=NNC(=O)N(CS(=O)(=O)c2ccc3c(c2)CCO3)C1.CC1=NNC(=O)N(CS(=O)(=O)c2ccc3c(c2)OCCO3)C1.CC1=NNC(=O)N(N(S(C)(=O)=O)S(C)(=O)=O)C1.CCCCS(=O)(=O)N(N1CC(C)=NNC1=O)S(=O)(=O)CCCC.CCCS(=O)(=O)N(N1CC(C)=NNC1=O)S(=O)(=O)CCC.CCS(=O)(=O)N(N1CC(C)=NNC1=O)S(=O)(=O)CC. The number of hydrazine groups is 4. The molecule has 10 rings (SSSR count). The molecule has 0 unspecified atom stereocenters. The Balaban J connectivity index is 0.000000263. The average molecular weight is 1940 g/mol. The summed E-state index contributed by atoms with van der Waals surface area (Å²) < 4.78 is 259. The van der Waals surface area contributed by atoms with Crippen LogP contribution >= 0.6 is 0 Å². The molecule has 8 heterocycles. The van der Waals surface area contributed by atoms with E-state index in [0.717, 1.165) is 11.3 Å². The zero-order chi connectivity index (χ0) is 93.0. The van der Waals surface area contributed by atoms with Crippen molar-refractivity contribution in [1.29, 1.82) is 0 Å². The number of sulfone groups is 2. The van der Waals surface area contributed by atoms with E-state index < -0.39 is 153 Å². The summed E-state index contributed by atoms with van der Waals surface area (Å²) in [5, 5.41) is 24.6. The van der Waals surface area contributed by atoms with Gasteiger partial charge in [-0.25, -0.2) is 166 Å². The molecule has 61 heteroatoms. The van der Waals surface area contributed by atoms with Gasteiger partial charge in [-0.2, -0.15) is 30.6 Å². The maximum absolute atomic E-state index is 12.5. The van der Waals surface area contributed by atoms with Crippen LogP contribution in [-0.4, -0.2) is 318 Å². The number of fused-ring (bicyclic) bond motifs is 2. The molecular weight excluding hydrogens is 1840 g/mol. The van der Waals surface area contributed by atoms with E-state index in [2.05, 4.69) is 57.7 Å². The summed E-state index contributed by atoms with van der Waals surface area (Å²) in [5.74, 6) is -1.44. The third-order valence-electron chi connectivity index (χ3n) is 16.4. The molecule has 0 bridgehead atoms. The normalized spacial score (nSPS) is 17.3. The van der Waals surface area contributed by atoms with Crippen molar-refractivity contribution >= 4 is 170 Å². The molecule has 0 spiro atoms. The fourth-order valence-corrected chi connectivity index (χ4v) is 28.2. The van der Waals surface area contributed by atoms with Gasteiger partial charge >= 0.3 is 36.2 Å². The molecule has 2 aromatic rings. The highest BCUT2D eigenvalue weighted by molar-refractivity contribution is 8.05. The lowest BCUT2D eigenvalue weighted by Gasteiger charge is -2.34. The molecule has 0 fully saturated rings. The van der Waals surface area contributed by atoms with Gasteiger partial charge in [0.05, 0.1) is 137 Å². The number of amides is 12. The molecule has 0 saturated carbocycles. The number of unbranched alkanes of at least 4 members (excludes halogenated alkanes) is 2. The van der Waals surface area contributed by atoms with Crippen molar-refractivity contribution in [2.75, 3.05) is 118 Å². The second kappa shape index (κ2) is 43.6. The summed E-state index contributed by atoms with van der Waals surface area (Å²) in [4.78, 5) is 72.9. The first-order valence-electron chi connectivity index (χ1n) is 37.1. The van der Waals surface area contributed by atoms with Crippen molar-refractivity contribution < 1.29 is 127 Å². The van der Waals surface area contributed by atoms with E-state index in [4.69, 9.17) is 14.2 Å². The fraction of sp³-hybridized carbons (Fsp3) is 0.613. The minimum Gasteiger partial charge on any atom is -0.493 e. The van der Waals surface area contributed by atoms with E-state index >= 15 is 0 Å². The molecular formula is C62H102N22O29S10. The zero-order valence-corrected chi connectivity index (χ0v) is 77.7. The highest BCUT2D eigenvalue weighted by atomic mass is 32.3. The second-order valence-corrected chi connectivity index (χ2v) is 47.7. The van der Waals surface area contributed by atoms with Crippen molar-refractivity contribution in [3.05, 3.63) is 42.0 Å². The second-order valence-electron chi connectivity index (χ2n) is 27.4. The van der Waals surface area contributed by atoms with E-state index in [1.807, 2.05) is 5.43 Å². The van der Waals surface area contributed by atoms with Gasteiger partial charge in [0, 0.05) is 27.8 Å². The van der Waals surface area contributed by atoms with Gasteiger partial charge in [-0.1, -0.05) is 40.5 Å². The lowest BCUT2D eigenvalue weighted by molar-refractivity contribution is 0.152. The first-order chi connectivity index (χ1) is 56.9. The number of benzene rings is 2. The topological polar surface area (TPSA) is 650 Å². The Kier molecular flexibility index (Phi) is 37.0. The molecule has 2 aromatic carbocycles. The monoisotopic (exact) mass is 1940 g/mol. The number of ether oxygens (including phenoxy) is 3. The maximum atomic E-state index is 12.5. The molecule has 0 radical (unpaired) electrons. The third-order valence-corrected chi connectivity index (χ3v) is 35.9. The van der Waals surface area contributed by atoms with Crippen LogP contribution in [0.1, 0.15) is 127 Å². The van der Waals surface area contributed by atoms with Crippen LogP contribution in [0.4, 0.5) is 28.8 Å². The van der Waals surface area contributed by atoms with Crippen molar-refractivity contribution in [2.45, 2.75) is 138 Å². The molecule has 12 amide bonds. The van der Waals surface area contributed by atoms with Crippen LogP contribution < -0.4 is 46.8 Å². The molecule has 694 valence electrons. The predicted molar refractivity (Wildman–Crippen MR) is 449 cm³/mol. The number of rotatable bonds is 30. The molecule has 8 aliphatic heterocycles. The largest absolute Gasteiger partial charge is 0.493 e. The molecule has 51 nitrogen and oxygen atoms in total. The Hall–Kier alpha value is -9.18. The van der Waals surface area contributed by atoms with Crippen LogP contribution in [0.3, 0.4) is 0 Å². The number of nitrogens with one attached hydrogen (secondary N) is 6. The lowest BCUT2D eigenvalue weighted by Crippen LogP contribution is -2.59. The van der Waals surface area contributed by atoms with Crippen LogP contribution in [0.5, 0.6) is 17.2 Å². The number of hydrogen-bond acceptors (Lipinski definition) is 35. The Bertz CT molecular complexity index is 5560. The summed E-state index contributed by atoms with van der Waals surface area (Å²) in [6.07, 6.45) is 4.38. The van der Waals surface area contributed by atoms with Gasteiger partial charge in [0.25, 0.3) is 0 Å². The van der Waals surface area contributed by atoms with Crippen LogP contribution in [0.15, 0.2) is 76.8 Å². The lowest BCUT2D eigenvalue weighted by atomic mass is 10.2. The predicted octanol–water partition coefficient (Wildman–Crippen LogP) is 0.120. The molecule has 123 heavy (non-hydrogen) atoms. The van der Waals surface area contributed by atoms with Gasteiger partial charge in [0.2, 0.25) is 80.2 Å². The van der Waals surface area contributed by atoms with Crippen molar-refractivity contribution in [1.82, 2.24) is 77.7 Å².